The number of carboxylic acids is 1. The summed E-state index contributed by atoms with van der Waals surface area (Å²) in [5, 5.41) is 9.38. The Balaban J connectivity index is 1.87. The average Bonchev–Trinajstić information content (AvgIpc) is 2.67. The number of hydrogen-bond acceptors (Lipinski definition) is 4. The normalized spacial score (nSPS) is 11.2. The lowest BCUT2D eigenvalue weighted by Crippen LogP contribution is -2.20. The maximum Gasteiger partial charge on any atom is 0.337 e. The molecule has 6 nitrogen and oxygen atoms in total. The van der Waals surface area contributed by atoms with Crippen molar-refractivity contribution in [1.29, 1.82) is 0 Å². The molecule has 2 N–H and O–H groups in total. The second-order valence-electron chi connectivity index (χ2n) is 6.10. The van der Waals surface area contributed by atoms with Gasteiger partial charge in [-0.1, -0.05) is 18.2 Å². The zero-order valence-electron chi connectivity index (χ0n) is 14.7. The number of benzene rings is 2. The molecule has 3 aromatic rings. The number of halogens is 1. The zero-order valence-corrected chi connectivity index (χ0v) is 15.5. The van der Waals surface area contributed by atoms with Crippen LogP contribution in [0.5, 0.6) is 0 Å². The van der Waals surface area contributed by atoms with Crippen molar-refractivity contribution in [1.82, 2.24) is 4.98 Å². The van der Waals surface area contributed by atoms with Crippen LogP contribution in [0.15, 0.2) is 67.0 Å². The number of carbonyl (C=O) groups is 1. The first-order valence-electron chi connectivity index (χ1n) is 8.37. The van der Waals surface area contributed by atoms with Gasteiger partial charge in [-0.3, -0.25) is 9.71 Å². The summed E-state index contributed by atoms with van der Waals surface area (Å²) >= 11 is 0. The van der Waals surface area contributed by atoms with E-state index in [-0.39, 0.29) is 23.4 Å². The average molecular weight is 400 g/mol. The van der Waals surface area contributed by atoms with E-state index in [2.05, 4.69) is 9.71 Å². The Hall–Kier alpha value is -3.26. The molecular weight excluding hydrogens is 383 g/mol. The van der Waals surface area contributed by atoms with Crippen LogP contribution in [-0.4, -0.2) is 30.2 Å². The van der Waals surface area contributed by atoms with E-state index in [0.717, 1.165) is 5.56 Å². The first kappa shape index (κ1) is 19.5. The Morgan fingerprint density at radius 3 is 2.29 bits per heavy atom. The molecule has 0 atom stereocenters. The number of aryl methyl sites for hydroxylation is 1. The molecule has 2 aromatic carbocycles. The summed E-state index contributed by atoms with van der Waals surface area (Å²) in [5.74, 6) is -1.86. The van der Waals surface area contributed by atoms with E-state index in [1.54, 1.807) is 30.6 Å². The SMILES string of the molecule is O=C(O)c1ccc(-c2ccc(F)cc2)cc1NS(=O)(=O)CCc1ccncc1. The number of pyridine rings is 1. The molecule has 0 saturated carbocycles. The number of anilines is 1. The Kier molecular flexibility index (Phi) is 5.70. The summed E-state index contributed by atoms with van der Waals surface area (Å²) in [7, 11) is -3.79. The van der Waals surface area contributed by atoms with E-state index >= 15 is 0 Å². The molecule has 0 aliphatic carbocycles. The summed E-state index contributed by atoms with van der Waals surface area (Å²) in [4.78, 5) is 15.4. The number of nitrogens with zero attached hydrogens (tertiary/aromatic N) is 1. The van der Waals surface area contributed by atoms with Crippen molar-refractivity contribution in [3.63, 3.8) is 0 Å². The topological polar surface area (TPSA) is 96.4 Å². The highest BCUT2D eigenvalue weighted by Gasteiger charge is 2.17. The Labute approximate surface area is 161 Å². The molecule has 0 fully saturated rings. The third kappa shape index (κ3) is 4.92. The Morgan fingerprint density at radius 2 is 1.64 bits per heavy atom. The number of hydrogen-bond donors (Lipinski definition) is 2. The first-order chi connectivity index (χ1) is 13.3. The van der Waals surface area contributed by atoms with Crippen LogP contribution in [0, 0.1) is 5.82 Å². The van der Waals surface area contributed by atoms with E-state index in [0.29, 0.717) is 11.1 Å². The van der Waals surface area contributed by atoms with Crippen LogP contribution in [0.2, 0.25) is 0 Å². The van der Waals surface area contributed by atoms with Gasteiger partial charge in [0, 0.05) is 12.4 Å². The van der Waals surface area contributed by atoms with Crippen LogP contribution in [0.4, 0.5) is 10.1 Å². The molecule has 1 aromatic heterocycles. The number of aromatic carboxylic acids is 1. The minimum atomic E-state index is -3.79. The van der Waals surface area contributed by atoms with Gasteiger partial charge in [0.1, 0.15) is 5.82 Å². The molecule has 0 aliphatic rings. The fourth-order valence-corrected chi connectivity index (χ4v) is 3.77. The third-order valence-corrected chi connectivity index (χ3v) is 5.37. The van der Waals surface area contributed by atoms with Gasteiger partial charge >= 0.3 is 5.97 Å². The molecule has 0 spiro atoms. The molecule has 1 heterocycles. The van der Waals surface area contributed by atoms with Crippen molar-refractivity contribution in [3.05, 3.63) is 83.9 Å². The Morgan fingerprint density at radius 1 is 1.00 bits per heavy atom. The van der Waals surface area contributed by atoms with E-state index in [1.807, 2.05) is 0 Å². The minimum absolute atomic E-state index is 0.0379. The van der Waals surface area contributed by atoms with Gasteiger partial charge in [0.05, 0.1) is 17.0 Å². The van der Waals surface area contributed by atoms with Gasteiger partial charge in [-0.05, 0) is 59.5 Å². The van der Waals surface area contributed by atoms with E-state index in [9.17, 15) is 22.7 Å². The van der Waals surface area contributed by atoms with Gasteiger partial charge < -0.3 is 5.11 Å². The molecule has 8 heteroatoms. The highest BCUT2D eigenvalue weighted by Crippen LogP contribution is 2.27. The predicted octanol–water partition coefficient (Wildman–Crippen LogP) is 3.57. The van der Waals surface area contributed by atoms with Gasteiger partial charge in [0.15, 0.2) is 0 Å². The summed E-state index contributed by atoms with van der Waals surface area (Å²) in [6, 6.07) is 13.4. The molecule has 0 radical (unpaired) electrons. The van der Waals surface area contributed by atoms with Gasteiger partial charge in [-0.15, -0.1) is 0 Å². The lowest BCUT2D eigenvalue weighted by molar-refractivity contribution is 0.0698. The number of sulfonamides is 1. The number of carboxylic acid groups (broad SMARTS) is 1. The van der Waals surface area contributed by atoms with Gasteiger partial charge in [-0.2, -0.15) is 0 Å². The standard InChI is InChI=1S/C20H17FN2O4S/c21-17-4-1-15(2-5-17)16-3-6-18(20(24)25)19(13-16)23-28(26,27)12-9-14-7-10-22-11-8-14/h1-8,10-11,13,23H,9,12H2,(H,24,25). The van der Waals surface area contributed by atoms with Gasteiger partial charge in [-0.25, -0.2) is 17.6 Å². The van der Waals surface area contributed by atoms with Crippen molar-refractivity contribution in [3.8, 4) is 11.1 Å². The van der Waals surface area contributed by atoms with Crippen molar-refractivity contribution in [2.45, 2.75) is 6.42 Å². The molecule has 0 amide bonds. The lowest BCUT2D eigenvalue weighted by Gasteiger charge is -2.13. The highest BCUT2D eigenvalue weighted by atomic mass is 32.2. The number of aromatic nitrogens is 1. The molecule has 0 saturated heterocycles. The maximum atomic E-state index is 13.1. The zero-order chi connectivity index (χ0) is 20.1. The second kappa shape index (κ2) is 8.18. The molecular formula is C20H17FN2O4S. The highest BCUT2D eigenvalue weighted by molar-refractivity contribution is 7.92. The quantitative estimate of drug-likeness (QED) is 0.632. The third-order valence-electron chi connectivity index (χ3n) is 4.10. The van der Waals surface area contributed by atoms with Crippen molar-refractivity contribution in [2.75, 3.05) is 10.5 Å². The number of rotatable bonds is 7. The molecule has 3 rings (SSSR count). The first-order valence-corrected chi connectivity index (χ1v) is 10.0. The van der Waals surface area contributed by atoms with Crippen LogP contribution in [0.25, 0.3) is 11.1 Å². The Bertz CT molecular complexity index is 1080. The monoisotopic (exact) mass is 400 g/mol. The van der Waals surface area contributed by atoms with E-state index < -0.39 is 21.8 Å². The minimum Gasteiger partial charge on any atom is -0.478 e. The summed E-state index contributed by atoms with van der Waals surface area (Å²) in [5.41, 5.74) is 1.80. The molecule has 144 valence electrons. The molecule has 0 aliphatic heterocycles. The van der Waals surface area contributed by atoms with Crippen LogP contribution in [-0.2, 0) is 16.4 Å². The largest absolute Gasteiger partial charge is 0.478 e. The van der Waals surface area contributed by atoms with Crippen LogP contribution in [0.3, 0.4) is 0 Å². The van der Waals surface area contributed by atoms with Crippen LogP contribution >= 0.6 is 0 Å². The summed E-state index contributed by atoms with van der Waals surface area (Å²) < 4.78 is 40.4. The van der Waals surface area contributed by atoms with Gasteiger partial charge in [0.2, 0.25) is 10.0 Å². The maximum absolute atomic E-state index is 13.1. The van der Waals surface area contributed by atoms with Crippen LogP contribution in [0.1, 0.15) is 15.9 Å². The van der Waals surface area contributed by atoms with Crippen molar-refractivity contribution >= 4 is 21.7 Å². The van der Waals surface area contributed by atoms with E-state index in [1.165, 1.54) is 36.4 Å². The van der Waals surface area contributed by atoms with Crippen LogP contribution < -0.4 is 4.72 Å². The lowest BCUT2D eigenvalue weighted by atomic mass is 10.0. The van der Waals surface area contributed by atoms with Crippen molar-refractivity contribution in [2.24, 2.45) is 0 Å². The fourth-order valence-electron chi connectivity index (χ4n) is 2.66. The molecule has 0 bridgehead atoms. The second-order valence-corrected chi connectivity index (χ2v) is 7.94. The van der Waals surface area contributed by atoms with Gasteiger partial charge in [0.25, 0.3) is 0 Å². The summed E-state index contributed by atoms with van der Waals surface area (Å²) in [6.07, 6.45) is 3.41. The molecule has 0 unspecified atom stereocenters. The fraction of sp³-hybridized carbons (Fsp3) is 0.100. The van der Waals surface area contributed by atoms with Crippen molar-refractivity contribution < 1.29 is 22.7 Å². The smallest absolute Gasteiger partial charge is 0.337 e. The van der Waals surface area contributed by atoms with E-state index in [4.69, 9.17) is 0 Å². The predicted molar refractivity (Wildman–Crippen MR) is 104 cm³/mol. The number of nitrogens with one attached hydrogen (secondary N) is 1. The summed E-state index contributed by atoms with van der Waals surface area (Å²) in [6.45, 7) is 0. The molecule has 28 heavy (non-hydrogen) atoms.